The third-order valence-corrected chi connectivity index (χ3v) is 12.1. The molecule has 1 unspecified atom stereocenters. The van der Waals surface area contributed by atoms with Crippen LogP contribution in [0.2, 0.25) is 0 Å². The minimum Gasteiger partial charge on any atom is -0.307 e. The summed E-state index contributed by atoms with van der Waals surface area (Å²) in [5.41, 5.74) is 12.9. The number of hydrogen-bond acceptors (Lipinski definition) is 0. The Balaban J connectivity index is 1.25. The summed E-state index contributed by atoms with van der Waals surface area (Å²) in [6, 6.07) is 51.5. The zero-order valence-electron chi connectivity index (χ0n) is 27.2. The number of nitrogens with zero attached hydrogens (tertiary/aromatic N) is 6. The van der Waals surface area contributed by atoms with E-state index in [1.54, 1.807) is 0 Å². The molecule has 5 aromatic heterocycles. The van der Waals surface area contributed by atoms with Gasteiger partial charge in [0.05, 0.1) is 40.1 Å². The van der Waals surface area contributed by atoms with Crippen LogP contribution in [0.3, 0.4) is 0 Å². The van der Waals surface area contributed by atoms with E-state index in [1.165, 1.54) is 87.9 Å². The van der Waals surface area contributed by atoms with Crippen LogP contribution in [0.1, 0.15) is 11.1 Å². The first kappa shape index (κ1) is 25.1. The lowest BCUT2D eigenvalue weighted by molar-refractivity contribution is -0.993. The Morgan fingerprint density at radius 3 is 1.61 bits per heavy atom. The van der Waals surface area contributed by atoms with Crippen LogP contribution in [-0.2, 0) is 5.66 Å². The van der Waals surface area contributed by atoms with Crippen LogP contribution in [-0.4, -0.2) is 18.4 Å². The van der Waals surface area contributed by atoms with Crippen molar-refractivity contribution in [2.75, 3.05) is 0 Å². The number of fused-ring (bicyclic) bond motifs is 14. The summed E-state index contributed by atoms with van der Waals surface area (Å²) in [7, 11) is 0. The highest BCUT2D eigenvalue weighted by molar-refractivity contribution is 6.16. The van der Waals surface area contributed by atoms with Crippen molar-refractivity contribution in [3.8, 4) is 22.9 Å². The van der Waals surface area contributed by atoms with Gasteiger partial charge in [-0.3, -0.25) is 0 Å². The summed E-state index contributed by atoms with van der Waals surface area (Å²) in [5, 5.41) is 7.64. The minimum absolute atomic E-state index is 0.688. The van der Waals surface area contributed by atoms with E-state index in [0.29, 0.717) is 0 Å². The maximum Gasteiger partial charge on any atom is 0.394 e. The molecule has 8 heterocycles. The molecule has 0 fully saturated rings. The van der Waals surface area contributed by atoms with Crippen molar-refractivity contribution in [2.45, 2.75) is 5.66 Å². The first-order valence-electron chi connectivity index (χ1n) is 17.6. The van der Waals surface area contributed by atoms with Crippen molar-refractivity contribution in [3.05, 3.63) is 169 Å². The lowest BCUT2D eigenvalue weighted by atomic mass is 9.83. The molecule has 51 heavy (non-hydrogen) atoms. The van der Waals surface area contributed by atoms with Crippen LogP contribution in [0.4, 0.5) is 0 Å². The molecule has 6 aromatic carbocycles. The molecule has 3 aliphatic heterocycles. The Labute approximate surface area is 290 Å². The van der Waals surface area contributed by atoms with E-state index in [-0.39, 0.29) is 0 Å². The molecule has 6 heteroatoms. The van der Waals surface area contributed by atoms with Crippen LogP contribution in [0.25, 0.3) is 88.3 Å². The molecular formula is C45H26N6+2. The fourth-order valence-electron chi connectivity index (χ4n) is 10.4. The molecule has 0 amide bonds. The molecule has 0 N–H and O–H groups in total. The summed E-state index contributed by atoms with van der Waals surface area (Å²) in [5.74, 6) is 1.15. The molecule has 0 saturated heterocycles. The van der Waals surface area contributed by atoms with E-state index >= 15 is 0 Å². The molecule has 0 aliphatic carbocycles. The molecule has 3 aliphatic rings. The van der Waals surface area contributed by atoms with Gasteiger partial charge in [-0.15, -0.1) is 4.68 Å². The van der Waals surface area contributed by atoms with E-state index in [1.807, 2.05) is 0 Å². The summed E-state index contributed by atoms with van der Waals surface area (Å²) in [6.45, 7) is 0. The molecule has 1 atom stereocenters. The number of para-hydroxylation sites is 4. The highest BCUT2D eigenvalue weighted by atomic mass is 15.5. The van der Waals surface area contributed by atoms with Crippen LogP contribution in [0.15, 0.2) is 158 Å². The zero-order chi connectivity index (χ0) is 32.7. The fraction of sp³-hybridized carbons (Fsp3) is 0.0222. The third-order valence-electron chi connectivity index (χ3n) is 12.1. The first-order valence-corrected chi connectivity index (χ1v) is 17.6. The van der Waals surface area contributed by atoms with E-state index in [4.69, 9.17) is 0 Å². The lowest BCUT2D eigenvalue weighted by Crippen LogP contribution is -2.76. The van der Waals surface area contributed by atoms with E-state index < -0.39 is 5.66 Å². The second-order valence-electron chi connectivity index (χ2n) is 14.3. The lowest BCUT2D eigenvalue weighted by Gasteiger charge is -2.33. The molecule has 6 nitrogen and oxygen atoms in total. The number of pyridine rings is 1. The maximum atomic E-state index is 2.55. The predicted molar refractivity (Wildman–Crippen MR) is 201 cm³/mol. The van der Waals surface area contributed by atoms with Crippen LogP contribution >= 0.6 is 0 Å². The van der Waals surface area contributed by atoms with Gasteiger partial charge in [-0.25, -0.2) is 0 Å². The highest BCUT2D eigenvalue weighted by Crippen LogP contribution is 2.54. The van der Waals surface area contributed by atoms with E-state index in [9.17, 15) is 0 Å². The quantitative estimate of drug-likeness (QED) is 0.159. The van der Waals surface area contributed by atoms with Gasteiger partial charge in [-0.2, -0.15) is 9.13 Å². The Morgan fingerprint density at radius 2 is 0.941 bits per heavy atom. The third kappa shape index (κ3) is 2.51. The van der Waals surface area contributed by atoms with Gasteiger partial charge < -0.3 is 9.13 Å². The van der Waals surface area contributed by atoms with Gasteiger partial charge in [0.2, 0.25) is 6.20 Å². The number of rotatable bonds is 1. The summed E-state index contributed by atoms with van der Waals surface area (Å²) >= 11 is 0. The Morgan fingerprint density at radius 1 is 0.431 bits per heavy atom. The van der Waals surface area contributed by atoms with Crippen molar-refractivity contribution in [1.29, 1.82) is 0 Å². The Bertz CT molecular complexity index is 3390. The molecule has 0 saturated carbocycles. The van der Waals surface area contributed by atoms with Gasteiger partial charge in [-0.1, -0.05) is 77.5 Å². The van der Waals surface area contributed by atoms with Gasteiger partial charge in [0.1, 0.15) is 28.0 Å². The zero-order valence-corrected chi connectivity index (χ0v) is 27.2. The van der Waals surface area contributed by atoms with Crippen LogP contribution < -0.4 is 9.25 Å². The van der Waals surface area contributed by atoms with Crippen molar-refractivity contribution >= 4 is 65.4 Å². The first-order chi connectivity index (χ1) is 25.3. The second kappa shape index (κ2) is 8.09. The number of hydrogen-bond donors (Lipinski definition) is 0. The van der Waals surface area contributed by atoms with Gasteiger partial charge in [0, 0.05) is 38.4 Å². The van der Waals surface area contributed by atoms with Crippen molar-refractivity contribution < 1.29 is 9.25 Å². The molecule has 11 aromatic rings. The average molecular weight is 651 g/mol. The van der Waals surface area contributed by atoms with Crippen molar-refractivity contribution in [3.63, 3.8) is 0 Å². The van der Waals surface area contributed by atoms with Crippen molar-refractivity contribution in [1.82, 2.24) is 18.4 Å². The maximum absolute atomic E-state index is 2.55. The number of benzene rings is 6. The minimum atomic E-state index is -0.688. The largest absolute Gasteiger partial charge is 0.394 e. The smallest absolute Gasteiger partial charge is 0.307 e. The summed E-state index contributed by atoms with van der Waals surface area (Å²) in [4.78, 5) is 0. The monoisotopic (exact) mass is 650 g/mol. The predicted octanol–water partition coefficient (Wildman–Crippen LogP) is 8.58. The van der Waals surface area contributed by atoms with Gasteiger partial charge >= 0.3 is 5.66 Å². The van der Waals surface area contributed by atoms with Crippen molar-refractivity contribution in [2.24, 2.45) is 0 Å². The highest BCUT2D eigenvalue weighted by Gasteiger charge is 2.68. The normalized spacial score (nSPS) is 16.3. The molecule has 14 rings (SSSR count). The Kier molecular flexibility index (Phi) is 3.98. The molecular weight excluding hydrogens is 625 g/mol. The van der Waals surface area contributed by atoms with Gasteiger partial charge in [0.15, 0.2) is 5.52 Å². The van der Waals surface area contributed by atoms with Gasteiger partial charge in [0.25, 0.3) is 5.82 Å². The van der Waals surface area contributed by atoms with E-state index in [2.05, 4.69) is 186 Å². The number of aromatic nitrogens is 6. The molecule has 234 valence electrons. The summed E-state index contributed by atoms with van der Waals surface area (Å²) < 4.78 is 15.0. The summed E-state index contributed by atoms with van der Waals surface area (Å²) in [6.07, 6.45) is 7.05. The SMILES string of the molecule is c1cc[n+]2c(c1)-n1c3ccccc3c3ccc4c(c31)C21c2c(ccc3c5ccccc5n-4c23)-n2cc(-n3c4ccccc4c4ccccc43)c[n+]21. The Hall–Kier alpha value is -6.92. The topological polar surface area (TPSA) is 27.5 Å². The molecule has 0 radical (unpaired) electrons. The molecule has 0 bridgehead atoms. The standard InChI is InChI=1S/C45H26N6/c1-5-15-34-28(11-1)29-12-2-6-16-35(29)49(34)27-25-47-38-22-20-32-30-13-3-7-17-36(30)50-39-23-21-33-31-14-4-8-18-37(31)51-40-19-9-10-24-46(40)45(48(47)26-27,41(38)43(32)50)42(39)44(33)51/h1-26H/q+2. The van der Waals surface area contributed by atoms with Crippen LogP contribution in [0, 0.1) is 0 Å². The van der Waals surface area contributed by atoms with Gasteiger partial charge in [-0.05, 0) is 60.7 Å². The van der Waals surface area contributed by atoms with Crippen LogP contribution in [0.5, 0.6) is 0 Å². The fourth-order valence-corrected chi connectivity index (χ4v) is 10.4. The molecule has 1 spiro atoms. The van der Waals surface area contributed by atoms with E-state index in [0.717, 1.165) is 11.5 Å². The average Bonchev–Trinajstić information content (AvgIpc) is 3.98. The second-order valence-corrected chi connectivity index (χ2v) is 14.3.